The van der Waals surface area contributed by atoms with Crippen molar-refractivity contribution in [1.29, 1.82) is 0 Å². The van der Waals surface area contributed by atoms with E-state index in [2.05, 4.69) is 5.32 Å². The van der Waals surface area contributed by atoms with Crippen LogP contribution in [0.1, 0.15) is 13.8 Å². The molecular weight excluding hydrogens is 250 g/mol. The molecule has 0 bridgehead atoms. The van der Waals surface area contributed by atoms with Crippen molar-refractivity contribution in [3.63, 3.8) is 0 Å². The molecule has 2 atom stereocenters. The first kappa shape index (κ1) is 14.2. The summed E-state index contributed by atoms with van der Waals surface area (Å²) in [5.74, 6) is 0.314. The summed E-state index contributed by atoms with van der Waals surface area (Å²) in [5, 5.41) is 4.41. The van der Waals surface area contributed by atoms with E-state index in [4.69, 9.17) is 11.8 Å². The number of quaternary nitrogens is 1. The van der Waals surface area contributed by atoms with Crippen LogP contribution in [-0.4, -0.2) is 55.9 Å². The lowest BCUT2D eigenvalue weighted by Crippen LogP contribution is -2.61. The van der Waals surface area contributed by atoms with Gasteiger partial charge in [-0.1, -0.05) is 13.8 Å². The first-order chi connectivity index (χ1) is 7.21. The van der Waals surface area contributed by atoms with E-state index in [1.165, 1.54) is 18.4 Å². The molecule has 0 aromatic heterocycles. The maximum Gasteiger partial charge on any atom is 0.389 e. The Balaban J connectivity index is 2.94. The van der Waals surface area contributed by atoms with E-state index >= 15 is 0 Å². The molecule has 0 N–H and O–H groups in total. The minimum absolute atomic E-state index is 0.0148. The number of hydrogen-bond acceptors (Lipinski definition) is 2. The lowest BCUT2D eigenvalue weighted by Gasteiger charge is -2.37. The molecule has 1 heterocycles. The Labute approximate surface area is 103 Å². The highest BCUT2D eigenvalue weighted by molar-refractivity contribution is 7.84. The molecule has 0 amide bonds. The number of nitrogens with zero attached hydrogens (tertiary/aromatic N) is 3. The van der Waals surface area contributed by atoms with E-state index < -0.39 is 13.6 Å². The first-order valence-electron chi connectivity index (χ1n) is 5.37. The quantitative estimate of drug-likeness (QED) is 0.697. The zero-order valence-corrected chi connectivity index (χ0v) is 11.8. The average Bonchev–Trinajstić information content (AvgIpc) is 2.17. The van der Waals surface area contributed by atoms with Crippen LogP contribution < -0.4 is 5.32 Å². The highest BCUT2D eigenvalue weighted by atomic mass is 35.5. The first-order valence-corrected chi connectivity index (χ1v) is 7.10. The average molecular weight is 270 g/mol. The van der Waals surface area contributed by atoms with Gasteiger partial charge in [0, 0.05) is 14.1 Å². The molecule has 1 aliphatic rings. The fraction of sp³-hybridized carbons (Fsp3) is 1.00. The van der Waals surface area contributed by atoms with E-state index in [0.29, 0.717) is 25.6 Å². The van der Waals surface area contributed by atoms with E-state index in [-0.39, 0.29) is 6.04 Å². The third kappa shape index (κ3) is 2.51. The van der Waals surface area contributed by atoms with Crippen LogP contribution in [0.15, 0.2) is 0 Å². The number of rotatable bonds is 3. The van der Waals surface area contributed by atoms with Crippen molar-refractivity contribution in [1.82, 2.24) is 9.62 Å². The zero-order valence-electron chi connectivity index (χ0n) is 10.2. The third-order valence-corrected chi connectivity index (χ3v) is 5.81. The van der Waals surface area contributed by atoms with Gasteiger partial charge in [0.2, 0.25) is 0 Å². The molecule has 7 heteroatoms. The van der Waals surface area contributed by atoms with Gasteiger partial charge in [-0.05, 0) is 5.92 Å². The monoisotopic (exact) mass is 269 g/mol. The van der Waals surface area contributed by atoms with Crippen molar-refractivity contribution in [2.45, 2.75) is 19.9 Å². The van der Waals surface area contributed by atoms with E-state index in [1.54, 1.807) is 0 Å². The lowest BCUT2D eigenvalue weighted by atomic mass is 10.0. The smallest absolute Gasteiger partial charge is 0.226 e. The van der Waals surface area contributed by atoms with Gasteiger partial charge in [0.05, 0.1) is 12.6 Å². The number of hydrogen-bond donors (Lipinski definition) is 0. The summed E-state index contributed by atoms with van der Waals surface area (Å²) in [6, 6.07) is 0.0148. The van der Waals surface area contributed by atoms with E-state index in [1.807, 2.05) is 13.8 Å². The molecule has 2 unspecified atom stereocenters. The Kier molecular flexibility index (Phi) is 4.23. The maximum absolute atomic E-state index is 12.1. The van der Waals surface area contributed by atoms with Crippen molar-refractivity contribution in [2.75, 3.05) is 33.7 Å². The van der Waals surface area contributed by atoms with Crippen LogP contribution in [0, 0.1) is 5.92 Å². The van der Waals surface area contributed by atoms with Gasteiger partial charge >= 0.3 is 10.2 Å². The summed E-state index contributed by atoms with van der Waals surface area (Å²) in [7, 11) is -0.474. The number of halogens is 1. The molecule has 0 saturated carbocycles. The fourth-order valence-electron chi connectivity index (χ4n) is 1.73. The number of piperazine rings is 1. The standard InChI is InChI=1S/C9H20ClN3O2S/c1-8(2)9-7-13(10,6-5-11-9)16(14,15)12(3)4/h8-9H,5-7H2,1-4H3/q+1. The predicted molar refractivity (Wildman–Crippen MR) is 64.1 cm³/mol. The topological polar surface area (TPSA) is 51.5 Å². The largest absolute Gasteiger partial charge is 0.389 e. The summed E-state index contributed by atoms with van der Waals surface area (Å²) in [5.41, 5.74) is 0. The predicted octanol–water partition coefficient (Wildman–Crippen LogP) is 0.406. The second-order valence-corrected chi connectivity index (χ2v) is 7.85. The van der Waals surface area contributed by atoms with Crippen molar-refractivity contribution >= 4 is 22.0 Å². The molecule has 0 aliphatic carbocycles. The van der Waals surface area contributed by atoms with Gasteiger partial charge in [-0.2, -0.15) is 12.7 Å². The summed E-state index contributed by atoms with van der Waals surface area (Å²) in [6.45, 7) is 5.25. The van der Waals surface area contributed by atoms with Gasteiger partial charge in [0.25, 0.3) is 0 Å². The normalized spacial score (nSPS) is 32.3. The van der Waals surface area contributed by atoms with E-state index in [9.17, 15) is 8.42 Å². The van der Waals surface area contributed by atoms with Crippen LogP contribution in [0.3, 0.4) is 0 Å². The van der Waals surface area contributed by atoms with Gasteiger partial charge < -0.3 is 0 Å². The zero-order chi connectivity index (χ0) is 12.6. The van der Waals surface area contributed by atoms with Crippen LogP contribution in [0.25, 0.3) is 0 Å². The Morgan fingerprint density at radius 1 is 1.44 bits per heavy atom. The highest BCUT2D eigenvalue weighted by Gasteiger charge is 2.48. The summed E-state index contributed by atoms with van der Waals surface area (Å²) in [6.07, 6.45) is 0. The fourth-order valence-corrected chi connectivity index (χ4v) is 3.55. The van der Waals surface area contributed by atoms with Gasteiger partial charge in [-0.25, -0.2) is 5.32 Å². The Morgan fingerprint density at radius 3 is 2.44 bits per heavy atom. The Hall–Kier alpha value is 0.120. The van der Waals surface area contributed by atoms with Crippen molar-refractivity contribution in [2.24, 2.45) is 5.92 Å². The van der Waals surface area contributed by atoms with Crippen molar-refractivity contribution < 1.29 is 11.8 Å². The molecule has 1 radical (unpaired) electrons. The lowest BCUT2D eigenvalue weighted by molar-refractivity contribution is -0.693. The van der Waals surface area contributed by atoms with Gasteiger partial charge in [0.15, 0.2) is 11.8 Å². The summed E-state index contributed by atoms with van der Waals surface area (Å²) >= 11 is 6.25. The minimum atomic E-state index is -3.49. The van der Waals surface area contributed by atoms with Crippen LogP contribution >= 0.6 is 11.8 Å². The van der Waals surface area contributed by atoms with Crippen LogP contribution in [0.4, 0.5) is 0 Å². The van der Waals surface area contributed by atoms with E-state index in [0.717, 1.165) is 0 Å². The molecular formula is C9H20ClN3O2S+. The third-order valence-electron chi connectivity index (χ3n) is 2.90. The van der Waals surface area contributed by atoms with Gasteiger partial charge in [-0.15, -0.1) is 3.41 Å². The summed E-state index contributed by atoms with van der Waals surface area (Å²) in [4.78, 5) is 0. The van der Waals surface area contributed by atoms with Crippen LogP contribution in [0.2, 0.25) is 0 Å². The van der Waals surface area contributed by atoms with Gasteiger partial charge in [-0.3, -0.25) is 0 Å². The maximum atomic E-state index is 12.1. The molecule has 0 aromatic carbocycles. The van der Waals surface area contributed by atoms with Gasteiger partial charge in [0.1, 0.15) is 13.1 Å². The second kappa shape index (κ2) is 4.78. The Bertz CT molecular complexity index is 345. The highest BCUT2D eigenvalue weighted by Crippen LogP contribution is 2.27. The molecule has 1 saturated heterocycles. The molecule has 1 rings (SSSR count). The Morgan fingerprint density at radius 2 is 2.00 bits per heavy atom. The molecule has 16 heavy (non-hydrogen) atoms. The van der Waals surface area contributed by atoms with Crippen molar-refractivity contribution in [3.05, 3.63) is 0 Å². The molecule has 0 spiro atoms. The molecule has 1 aliphatic heterocycles. The van der Waals surface area contributed by atoms with Crippen LogP contribution in [0.5, 0.6) is 0 Å². The molecule has 95 valence electrons. The molecule has 0 aromatic rings. The second-order valence-electron chi connectivity index (χ2n) is 4.67. The molecule has 1 fully saturated rings. The SMILES string of the molecule is CC(C)C1C[N+](Cl)(S(=O)(=O)N(C)C)CC[N]1. The molecule has 5 nitrogen and oxygen atoms in total. The van der Waals surface area contributed by atoms with Crippen molar-refractivity contribution in [3.8, 4) is 0 Å². The minimum Gasteiger partial charge on any atom is -0.226 e. The van der Waals surface area contributed by atoms with Crippen LogP contribution in [-0.2, 0) is 10.2 Å². The summed E-state index contributed by atoms with van der Waals surface area (Å²) < 4.78 is 24.9.